The third kappa shape index (κ3) is 2.28. The Kier molecular flexibility index (Phi) is 3.48. The molecule has 22 heavy (non-hydrogen) atoms. The number of nitriles is 1. The second kappa shape index (κ2) is 5.32. The second-order valence-electron chi connectivity index (χ2n) is 4.42. The smallest absolute Gasteiger partial charge is 0.206 e. The standard InChI is InChI=1S/C13H11N7S2/c1-22(21)19-11(15)8-3-2-4-9-10(8)18-13(16)20-6-7(5-14)17-12(9)20/h2-4,6,21H,1H2,(H2,15,19)(H2,16,18). The number of nitrogens with two attached hydrogens (primary N) is 2. The third-order valence-electron chi connectivity index (χ3n) is 3.05. The van der Waals surface area contributed by atoms with Crippen LogP contribution >= 0.6 is 21.4 Å². The fourth-order valence-electron chi connectivity index (χ4n) is 2.18. The van der Waals surface area contributed by atoms with Crippen LogP contribution in [0.5, 0.6) is 0 Å². The van der Waals surface area contributed by atoms with Gasteiger partial charge in [-0.1, -0.05) is 17.7 Å². The summed E-state index contributed by atoms with van der Waals surface area (Å²) in [5, 5.41) is 9.73. The third-order valence-corrected chi connectivity index (χ3v) is 3.70. The first kappa shape index (κ1) is 14.4. The predicted octanol–water partition coefficient (Wildman–Crippen LogP) is 1.50. The molecule has 0 bridgehead atoms. The zero-order chi connectivity index (χ0) is 15.9. The summed E-state index contributed by atoms with van der Waals surface area (Å²) >= 11 is 4.13. The highest BCUT2D eigenvalue weighted by molar-refractivity contribution is 8.75. The van der Waals surface area contributed by atoms with E-state index in [1.165, 1.54) is 0 Å². The lowest BCUT2D eigenvalue weighted by molar-refractivity contribution is 1.14. The van der Waals surface area contributed by atoms with Crippen molar-refractivity contribution in [2.24, 2.45) is 10.1 Å². The number of hydrogen-bond acceptors (Lipinski definition) is 6. The van der Waals surface area contributed by atoms with Crippen LogP contribution in [0, 0.1) is 11.3 Å². The van der Waals surface area contributed by atoms with Crippen LogP contribution in [0.2, 0.25) is 0 Å². The molecule has 1 atom stereocenters. The number of rotatable bonds is 2. The van der Waals surface area contributed by atoms with Gasteiger partial charge in [0, 0.05) is 10.9 Å². The Morgan fingerprint density at radius 2 is 2.23 bits per heavy atom. The van der Waals surface area contributed by atoms with E-state index < -0.39 is 9.70 Å². The molecule has 2 aromatic heterocycles. The van der Waals surface area contributed by atoms with Crippen molar-refractivity contribution in [3.8, 4) is 6.07 Å². The molecule has 0 radical (unpaired) electrons. The Bertz CT molecular complexity index is 997. The van der Waals surface area contributed by atoms with E-state index in [1.54, 1.807) is 16.7 Å². The largest absolute Gasteiger partial charge is 0.383 e. The molecular formula is C13H11N7S2. The second-order valence-corrected chi connectivity index (χ2v) is 6.55. The number of hydrogen-bond donors (Lipinski definition) is 3. The summed E-state index contributed by atoms with van der Waals surface area (Å²) in [5.41, 5.74) is 14.0. The fraction of sp³-hybridized carbons (Fsp3) is 0. The lowest BCUT2D eigenvalue weighted by atomic mass is 10.1. The molecule has 2 heterocycles. The topological polar surface area (TPSA) is 118 Å². The number of fused-ring (bicyclic) bond motifs is 3. The van der Waals surface area contributed by atoms with Crippen molar-refractivity contribution in [2.75, 3.05) is 5.73 Å². The number of para-hydroxylation sites is 1. The maximum absolute atomic E-state index is 9.00. The molecule has 0 amide bonds. The van der Waals surface area contributed by atoms with E-state index in [1.807, 2.05) is 18.2 Å². The number of thiol groups is 1. The lowest BCUT2D eigenvalue weighted by Gasteiger charge is -2.08. The molecule has 0 spiro atoms. The minimum absolute atomic E-state index is 0.219. The van der Waals surface area contributed by atoms with E-state index in [-0.39, 0.29) is 17.5 Å². The van der Waals surface area contributed by atoms with Gasteiger partial charge in [-0.25, -0.2) is 9.97 Å². The van der Waals surface area contributed by atoms with E-state index in [4.69, 9.17) is 16.7 Å². The van der Waals surface area contributed by atoms with Crippen LogP contribution in [0.1, 0.15) is 11.3 Å². The van der Waals surface area contributed by atoms with Gasteiger partial charge in [0.2, 0.25) is 5.95 Å². The van der Waals surface area contributed by atoms with Crippen molar-refractivity contribution in [3.63, 3.8) is 0 Å². The van der Waals surface area contributed by atoms with Crippen molar-refractivity contribution in [1.29, 1.82) is 5.26 Å². The van der Waals surface area contributed by atoms with E-state index in [9.17, 15) is 0 Å². The van der Waals surface area contributed by atoms with Gasteiger partial charge in [0.1, 0.15) is 11.9 Å². The number of nitrogen functional groups attached to an aromatic ring is 1. The SMILES string of the molecule is C=S(S)/N=C(/N)c1cccc2c1nc(N)n1cc(C#N)nc21. The summed E-state index contributed by atoms with van der Waals surface area (Å²) in [4.78, 5) is 8.63. The predicted molar refractivity (Wildman–Crippen MR) is 94.0 cm³/mol. The number of nitrogens with zero attached hydrogens (tertiary/aromatic N) is 5. The minimum atomic E-state index is -0.734. The van der Waals surface area contributed by atoms with Gasteiger partial charge in [0.15, 0.2) is 11.3 Å². The van der Waals surface area contributed by atoms with Gasteiger partial charge in [0.25, 0.3) is 0 Å². The lowest BCUT2D eigenvalue weighted by Crippen LogP contribution is -2.14. The molecule has 7 nitrogen and oxygen atoms in total. The van der Waals surface area contributed by atoms with Crippen LogP contribution in [0.3, 0.4) is 0 Å². The highest BCUT2D eigenvalue weighted by Gasteiger charge is 2.14. The van der Waals surface area contributed by atoms with Gasteiger partial charge in [-0.05, 0) is 27.7 Å². The van der Waals surface area contributed by atoms with Gasteiger partial charge >= 0.3 is 0 Å². The van der Waals surface area contributed by atoms with Gasteiger partial charge < -0.3 is 11.5 Å². The fourth-order valence-corrected chi connectivity index (χ4v) is 2.77. The molecule has 3 rings (SSSR count). The molecule has 0 saturated carbocycles. The molecule has 4 N–H and O–H groups in total. The monoisotopic (exact) mass is 329 g/mol. The first-order chi connectivity index (χ1) is 10.5. The van der Waals surface area contributed by atoms with Crippen molar-refractivity contribution in [3.05, 3.63) is 35.7 Å². The Labute approximate surface area is 133 Å². The first-order valence-corrected chi connectivity index (χ1v) is 8.46. The zero-order valence-corrected chi connectivity index (χ0v) is 13.0. The average Bonchev–Trinajstić information content (AvgIpc) is 2.91. The first-order valence-electron chi connectivity index (χ1n) is 6.06. The summed E-state index contributed by atoms with van der Waals surface area (Å²) in [7, 11) is -0.734. The molecule has 0 saturated heterocycles. The summed E-state index contributed by atoms with van der Waals surface area (Å²) in [6.07, 6.45) is 1.54. The summed E-state index contributed by atoms with van der Waals surface area (Å²) in [6.45, 7) is 0. The van der Waals surface area contributed by atoms with Crippen LogP contribution in [0.4, 0.5) is 5.95 Å². The van der Waals surface area contributed by atoms with Crippen LogP contribution in [0.15, 0.2) is 28.8 Å². The molecule has 1 aromatic carbocycles. The Balaban J connectivity index is 2.41. The molecule has 0 aliphatic rings. The average molecular weight is 329 g/mol. The van der Waals surface area contributed by atoms with Crippen LogP contribution in [-0.4, -0.2) is 26.1 Å². The normalized spacial score (nSPS) is 13.4. The zero-order valence-electron chi connectivity index (χ0n) is 11.3. The van der Waals surface area contributed by atoms with Crippen molar-refractivity contribution in [2.45, 2.75) is 0 Å². The number of benzene rings is 1. The number of aromatic nitrogens is 3. The highest BCUT2D eigenvalue weighted by atomic mass is 33.1. The quantitative estimate of drug-likeness (QED) is 0.216. The molecule has 0 aliphatic heterocycles. The van der Waals surface area contributed by atoms with Gasteiger partial charge in [-0.3, -0.25) is 4.40 Å². The van der Waals surface area contributed by atoms with Crippen molar-refractivity contribution in [1.82, 2.24) is 14.4 Å². The summed E-state index contributed by atoms with van der Waals surface area (Å²) < 4.78 is 5.72. The van der Waals surface area contributed by atoms with Crippen molar-refractivity contribution >= 4 is 55.6 Å². The van der Waals surface area contributed by atoms with Gasteiger partial charge in [0.05, 0.1) is 11.7 Å². The number of amidine groups is 1. The molecular weight excluding hydrogens is 318 g/mol. The Hall–Kier alpha value is -2.57. The summed E-state index contributed by atoms with van der Waals surface area (Å²) in [5.74, 6) is 4.19. The van der Waals surface area contributed by atoms with E-state index in [0.717, 1.165) is 5.39 Å². The molecule has 3 aromatic rings. The maximum atomic E-state index is 9.00. The van der Waals surface area contributed by atoms with Crippen molar-refractivity contribution < 1.29 is 0 Å². The molecule has 9 heteroatoms. The highest BCUT2D eigenvalue weighted by Crippen LogP contribution is 2.25. The molecule has 0 aliphatic carbocycles. The Morgan fingerprint density at radius 1 is 1.45 bits per heavy atom. The van der Waals surface area contributed by atoms with Gasteiger partial charge in [-0.15, -0.1) is 0 Å². The van der Waals surface area contributed by atoms with Gasteiger partial charge in [-0.2, -0.15) is 9.66 Å². The van der Waals surface area contributed by atoms with Crippen LogP contribution < -0.4 is 11.5 Å². The van der Waals surface area contributed by atoms with E-state index in [0.29, 0.717) is 16.7 Å². The van der Waals surface area contributed by atoms with Crippen LogP contribution in [-0.2, 0) is 0 Å². The molecule has 110 valence electrons. The minimum Gasteiger partial charge on any atom is -0.383 e. The number of anilines is 1. The number of imidazole rings is 1. The summed E-state index contributed by atoms with van der Waals surface area (Å²) in [6, 6.07) is 7.44. The van der Waals surface area contributed by atoms with E-state index in [2.05, 4.69) is 31.9 Å². The van der Waals surface area contributed by atoms with E-state index >= 15 is 0 Å². The molecule has 1 unspecified atom stereocenters. The Morgan fingerprint density at radius 3 is 2.91 bits per heavy atom. The van der Waals surface area contributed by atoms with Crippen LogP contribution in [0.25, 0.3) is 16.6 Å². The maximum Gasteiger partial charge on any atom is 0.206 e. The molecule has 0 fully saturated rings.